The van der Waals surface area contributed by atoms with Gasteiger partial charge in [-0.05, 0) is 113 Å². The predicted octanol–water partition coefficient (Wildman–Crippen LogP) is 8.64. The Balaban J connectivity index is 1.09. The lowest BCUT2D eigenvalue weighted by Gasteiger charge is -2.23. The molecular weight excluding hydrogens is 564 g/mol. The van der Waals surface area contributed by atoms with Crippen molar-refractivity contribution in [3.8, 4) is 22.3 Å². The molecule has 0 aliphatic carbocycles. The fraction of sp³-hybridized carbons (Fsp3) is 0.0500. The Hall–Kier alpha value is -5.66. The number of anilines is 6. The van der Waals surface area contributed by atoms with Crippen LogP contribution in [0.5, 0.6) is 0 Å². The standard InChI is InChI=1S/C40H34N6/c41-44(35-9-2-1-3-10-35)36-11-6-8-28(26-36)29-17-20-39-33(23-29)15-16-34-25-31(19-22-40(34)46(39)43)30-18-21-38-32(24-30)14-13-27-7-4-5-12-37(27)45(38)42/h1-12,15-26H,13-14,41-43H2. The van der Waals surface area contributed by atoms with Crippen molar-refractivity contribution in [2.24, 2.45) is 17.5 Å². The Morgan fingerprint density at radius 2 is 0.957 bits per heavy atom. The molecule has 6 nitrogen and oxygen atoms in total. The number of nitrogens with zero attached hydrogens (tertiary/aromatic N) is 3. The van der Waals surface area contributed by atoms with Gasteiger partial charge in [-0.25, -0.2) is 17.5 Å². The summed E-state index contributed by atoms with van der Waals surface area (Å²) in [5, 5.41) is 5.31. The summed E-state index contributed by atoms with van der Waals surface area (Å²) < 4.78 is 0. The van der Waals surface area contributed by atoms with E-state index in [0.29, 0.717) is 0 Å². The van der Waals surface area contributed by atoms with Crippen molar-refractivity contribution in [1.82, 2.24) is 0 Å². The van der Waals surface area contributed by atoms with Crippen LogP contribution in [0.15, 0.2) is 133 Å². The van der Waals surface area contributed by atoms with Crippen molar-refractivity contribution in [2.45, 2.75) is 12.8 Å². The maximum absolute atomic E-state index is 6.78. The Labute approximate surface area is 269 Å². The van der Waals surface area contributed by atoms with E-state index in [9.17, 15) is 0 Å². The number of fused-ring (bicyclic) bond motifs is 4. The highest BCUT2D eigenvalue weighted by Crippen LogP contribution is 2.40. The average Bonchev–Trinajstić information content (AvgIpc) is 3.35. The third kappa shape index (κ3) is 4.91. The van der Waals surface area contributed by atoms with Gasteiger partial charge in [0.25, 0.3) is 0 Å². The molecule has 8 rings (SSSR count). The van der Waals surface area contributed by atoms with E-state index in [1.165, 1.54) is 11.1 Å². The molecule has 0 saturated carbocycles. The summed E-state index contributed by atoms with van der Waals surface area (Å²) in [4.78, 5) is 0. The fourth-order valence-corrected chi connectivity index (χ4v) is 6.61. The molecule has 0 atom stereocenters. The highest BCUT2D eigenvalue weighted by molar-refractivity contribution is 5.91. The van der Waals surface area contributed by atoms with Crippen LogP contribution in [0, 0.1) is 0 Å². The van der Waals surface area contributed by atoms with Gasteiger partial charge in [0.15, 0.2) is 0 Å². The van der Waals surface area contributed by atoms with Crippen molar-refractivity contribution >= 4 is 46.3 Å². The van der Waals surface area contributed by atoms with Crippen molar-refractivity contribution < 1.29 is 0 Å². The molecule has 0 spiro atoms. The number of benzene rings is 6. The summed E-state index contributed by atoms with van der Waals surface area (Å²) in [6.07, 6.45) is 6.20. The van der Waals surface area contributed by atoms with Crippen LogP contribution in [-0.2, 0) is 12.8 Å². The maximum atomic E-state index is 6.78. The van der Waals surface area contributed by atoms with E-state index in [1.807, 2.05) is 53.5 Å². The van der Waals surface area contributed by atoms with Gasteiger partial charge in [-0.15, -0.1) is 0 Å². The second kappa shape index (κ2) is 11.4. The van der Waals surface area contributed by atoms with Crippen LogP contribution < -0.4 is 32.6 Å². The van der Waals surface area contributed by atoms with Crippen molar-refractivity contribution in [2.75, 3.05) is 15.0 Å². The minimum Gasteiger partial charge on any atom is -0.280 e. The van der Waals surface area contributed by atoms with Crippen LogP contribution in [0.25, 0.3) is 34.4 Å². The Kier molecular flexibility index (Phi) is 6.88. The molecule has 0 bridgehead atoms. The van der Waals surface area contributed by atoms with Gasteiger partial charge in [0.2, 0.25) is 0 Å². The van der Waals surface area contributed by atoms with E-state index >= 15 is 0 Å². The topological polar surface area (TPSA) is 87.8 Å². The average molecular weight is 599 g/mol. The molecule has 0 aromatic heterocycles. The highest BCUT2D eigenvalue weighted by atomic mass is 15.4. The van der Waals surface area contributed by atoms with E-state index < -0.39 is 0 Å². The monoisotopic (exact) mass is 598 g/mol. The van der Waals surface area contributed by atoms with Crippen LogP contribution in [0.1, 0.15) is 22.3 Å². The van der Waals surface area contributed by atoms with E-state index in [4.69, 9.17) is 17.5 Å². The quantitative estimate of drug-likeness (QED) is 0.139. The zero-order valence-corrected chi connectivity index (χ0v) is 25.3. The Morgan fingerprint density at radius 3 is 1.67 bits per heavy atom. The second-order valence-corrected chi connectivity index (χ2v) is 11.8. The highest BCUT2D eigenvalue weighted by Gasteiger charge is 2.20. The molecule has 6 N–H and O–H groups in total. The molecule has 0 radical (unpaired) electrons. The molecule has 2 aliphatic rings. The first kappa shape index (κ1) is 27.9. The Morgan fingerprint density at radius 1 is 0.435 bits per heavy atom. The van der Waals surface area contributed by atoms with Crippen LogP contribution in [0.3, 0.4) is 0 Å². The van der Waals surface area contributed by atoms with Gasteiger partial charge in [0.05, 0.1) is 34.1 Å². The van der Waals surface area contributed by atoms with Crippen molar-refractivity contribution in [3.05, 3.63) is 156 Å². The summed E-state index contributed by atoms with van der Waals surface area (Å²) in [5.74, 6) is 19.9. The molecule has 0 saturated heterocycles. The zero-order valence-electron chi connectivity index (χ0n) is 25.3. The summed E-state index contributed by atoms with van der Waals surface area (Å²) in [5.41, 5.74) is 14.9. The van der Waals surface area contributed by atoms with Gasteiger partial charge < -0.3 is 0 Å². The molecule has 2 aliphatic heterocycles. The normalized spacial score (nSPS) is 13.2. The lowest BCUT2D eigenvalue weighted by atomic mass is 9.97. The van der Waals surface area contributed by atoms with Gasteiger partial charge in [-0.3, -0.25) is 15.0 Å². The van der Waals surface area contributed by atoms with Gasteiger partial charge in [0.1, 0.15) is 0 Å². The lowest BCUT2D eigenvalue weighted by Crippen LogP contribution is -2.26. The molecule has 0 fully saturated rings. The van der Waals surface area contributed by atoms with E-state index in [2.05, 4.69) is 97.1 Å². The first-order valence-electron chi connectivity index (χ1n) is 15.5. The van der Waals surface area contributed by atoms with E-state index in [0.717, 1.165) is 80.3 Å². The number of hydrogen-bond acceptors (Lipinski definition) is 6. The number of hydrazine groups is 3. The van der Waals surface area contributed by atoms with Crippen LogP contribution in [-0.4, -0.2) is 0 Å². The minimum atomic E-state index is 0.913. The number of rotatable bonds is 4. The van der Waals surface area contributed by atoms with Crippen molar-refractivity contribution in [1.29, 1.82) is 0 Å². The third-order valence-electron chi connectivity index (χ3n) is 9.10. The number of aryl methyl sites for hydroxylation is 2. The molecule has 0 amide bonds. The first-order valence-corrected chi connectivity index (χ1v) is 15.5. The smallest absolute Gasteiger partial charge is 0.0648 e. The molecule has 6 aromatic carbocycles. The summed E-state index contributed by atoms with van der Waals surface area (Å²) in [6.45, 7) is 0. The zero-order chi connectivity index (χ0) is 31.2. The van der Waals surface area contributed by atoms with Crippen molar-refractivity contribution in [3.63, 3.8) is 0 Å². The largest absolute Gasteiger partial charge is 0.280 e. The molecule has 46 heavy (non-hydrogen) atoms. The van der Waals surface area contributed by atoms with Gasteiger partial charge >= 0.3 is 0 Å². The molecular formula is C40H34N6. The number of hydrogen-bond donors (Lipinski definition) is 3. The summed E-state index contributed by atoms with van der Waals surface area (Å²) in [7, 11) is 0. The molecule has 0 unspecified atom stereocenters. The molecule has 6 aromatic rings. The molecule has 2 heterocycles. The van der Waals surface area contributed by atoms with E-state index in [-0.39, 0.29) is 0 Å². The van der Waals surface area contributed by atoms with Gasteiger partial charge in [-0.1, -0.05) is 78.9 Å². The third-order valence-corrected chi connectivity index (χ3v) is 9.10. The van der Waals surface area contributed by atoms with Crippen LogP contribution >= 0.6 is 0 Å². The fourth-order valence-electron chi connectivity index (χ4n) is 6.61. The summed E-state index contributed by atoms with van der Waals surface area (Å²) >= 11 is 0. The Bertz CT molecular complexity index is 2120. The molecule has 6 heteroatoms. The van der Waals surface area contributed by atoms with Gasteiger partial charge in [-0.2, -0.15) is 0 Å². The number of para-hydroxylation sites is 2. The lowest BCUT2D eigenvalue weighted by molar-refractivity contribution is 0.978. The SMILES string of the molecule is NN(c1ccccc1)c1cccc(-c2ccc3c(c2)C=Cc2cc(-c4ccc5c(c4)CCc4ccccc4N5N)ccc2N3N)c1. The van der Waals surface area contributed by atoms with Crippen LogP contribution in [0.4, 0.5) is 34.1 Å². The predicted molar refractivity (Wildman–Crippen MR) is 192 cm³/mol. The van der Waals surface area contributed by atoms with E-state index in [1.54, 1.807) is 10.0 Å². The molecule has 224 valence electrons. The minimum absolute atomic E-state index is 0.913. The maximum Gasteiger partial charge on any atom is 0.0648 e. The summed E-state index contributed by atoms with van der Waals surface area (Å²) in [6, 6.07) is 46.0. The number of nitrogens with two attached hydrogens (primary N) is 3. The second-order valence-electron chi connectivity index (χ2n) is 11.8. The van der Waals surface area contributed by atoms with Gasteiger partial charge in [0, 0.05) is 11.1 Å². The first-order chi connectivity index (χ1) is 22.5. The van der Waals surface area contributed by atoms with Crippen LogP contribution in [0.2, 0.25) is 0 Å².